The largest absolute Gasteiger partial charge is 0.573 e. The molecule has 3 aromatic carbocycles. The molecule has 0 aliphatic carbocycles. The van der Waals surface area contributed by atoms with Gasteiger partial charge in [0.2, 0.25) is 0 Å². The number of amides is 2. The maximum absolute atomic E-state index is 13.6. The second kappa shape index (κ2) is 8.66. The van der Waals surface area contributed by atoms with Gasteiger partial charge in [0.25, 0.3) is 0 Å². The number of nitrogens with zero attached hydrogens (tertiary/aromatic N) is 2. The van der Waals surface area contributed by atoms with E-state index in [0.29, 0.717) is 11.4 Å². The molecule has 1 heterocycles. The maximum Gasteiger partial charge on any atom is 0.573 e. The zero-order valence-electron chi connectivity index (χ0n) is 17.1. The number of carbonyl (C=O) groups excluding carboxylic acids is 1. The molecule has 5 nitrogen and oxygen atoms in total. The number of anilines is 2. The van der Waals surface area contributed by atoms with Crippen LogP contribution < -0.4 is 14.5 Å². The summed E-state index contributed by atoms with van der Waals surface area (Å²) < 4.78 is 44.1. The number of aliphatic hydroxyl groups is 1. The number of rotatable bonds is 4. The zero-order valence-corrected chi connectivity index (χ0v) is 20.2. The van der Waals surface area contributed by atoms with Crippen molar-refractivity contribution in [1.82, 2.24) is 0 Å². The normalized spacial score (nSPS) is 20.9. The van der Waals surface area contributed by atoms with Gasteiger partial charge in [-0.15, -0.1) is 13.2 Å². The zero-order chi connectivity index (χ0) is 24.0. The maximum atomic E-state index is 13.6. The number of hydrogen-bond donors (Lipinski definition) is 1. The summed E-state index contributed by atoms with van der Waals surface area (Å²) in [7, 11) is 0. The Morgan fingerprint density at radius 2 is 1.48 bits per heavy atom. The van der Waals surface area contributed by atoms with Crippen LogP contribution in [0.25, 0.3) is 0 Å². The molecule has 33 heavy (non-hydrogen) atoms. The topological polar surface area (TPSA) is 53.0 Å². The van der Waals surface area contributed by atoms with Gasteiger partial charge < -0.3 is 9.84 Å². The molecule has 4 rings (SSSR count). The first-order chi connectivity index (χ1) is 15.5. The van der Waals surface area contributed by atoms with E-state index in [9.17, 15) is 23.1 Å². The summed E-state index contributed by atoms with van der Waals surface area (Å²) in [4.78, 5) is 16.2. The minimum Gasteiger partial charge on any atom is -0.406 e. The summed E-state index contributed by atoms with van der Waals surface area (Å²) in [5, 5.41) is 12.0. The van der Waals surface area contributed by atoms with E-state index in [1.165, 1.54) is 21.9 Å². The smallest absolute Gasteiger partial charge is 0.406 e. The lowest BCUT2D eigenvalue weighted by atomic mass is 9.94. The van der Waals surface area contributed by atoms with Crippen molar-refractivity contribution >= 4 is 49.3 Å². The first kappa shape index (κ1) is 23.6. The van der Waals surface area contributed by atoms with Crippen LogP contribution in [0.3, 0.4) is 0 Å². The minimum absolute atomic E-state index is 0.0765. The highest BCUT2D eigenvalue weighted by Gasteiger charge is 2.57. The first-order valence-electron chi connectivity index (χ1n) is 9.74. The van der Waals surface area contributed by atoms with Crippen molar-refractivity contribution in [3.63, 3.8) is 0 Å². The summed E-state index contributed by atoms with van der Waals surface area (Å²) in [6, 6.07) is 17.3. The molecule has 172 valence electrons. The fourth-order valence-corrected chi connectivity index (χ4v) is 4.44. The fourth-order valence-electron chi connectivity index (χ4n) is 3.91. The summed E-state index contributed by atoms with van der Waals surface area (Å²) in [5.74, 6) is -0.495. The summed E-state index contributed by atoms with van der Waals surface area (Å²) in [6.45, 7) is 1.64. The molecule has 0 radical (unpaired) electrons. The number of carbonyl (C=O) groups is 1. The molecule has 1 saturated heterocycles. The van der Waals surface area contributed by atoms with E-state index in [0.717, 1.165) is 21.1 Å². The van der Waals surface area contributed by atoms with Crippen LogP contribution in [0.1, 0.15) is 12.5 Å². The van der Waals surface area contributed by atoms with Gasteiger partial charge in [0.05, 0.1) is 6.04 Å². The third-order valence-corrected chi connectivity index (χ3v) is 6.45. The van der Waals surface area contributed by atoms with Gasteiger partial charge in [-0.2, -0.15) is 0 Å². The predicted molar refractivity (Wildman–Crippen MR) is 125 cm³/mol. The second-order valence-corrected chi connectivity index (χ2v) is 9.25. The molecule has 1 fully saturated rings. The van der Waals surface area contributed by atoms with Crippen molar-refractivity contribution in [1.29, 1.82) is 0 Å². The van der Waals surface area contributed by atoms with E-state index in [-0.39, 0.29) is 5.56 Å². The Labute approximate surface area is 204 Å². The number of alkyl halides is 3. The first-order valence-corrected chi connectivity index (χ1v) is 11.3. The average molecular weight is 586 g/mol. The van der Waals surface area contributed by atoms with E-state index in [2.05, 4.69) is 36.6 Å². The fraction of sp³-hybridized carbons (Fsp3) is 0.174. The van der Waals surface area contributed by atoms with Crippen LogP contribution in [0.4, 0.5) is 29.3 Å². The molecule has 1 aliphatic rings. The predicted octanol–water partition coefficient (Wildman–Crippen LogP) is 6.79. The Kier molecular flexibility index (Phi) is 6.19. The molecular formula is C23H17Br2F3N2O3. The lowest BCUT2D eigenvalue weighted by Crippen LogP contribution is -2.48. The van der Waals surface area contributed by atoms with Crippen molar-refractivity contribution in [2.24, 2.45) is 0 Å². The van der Waals surface area contributed by atoms with Crippen molar-refractivity contribution < 1.29 is 27.8 Å². The van der Waals surface area contributed by atoms with E-state index in [1.54, 1.807) is 55.5 Å². The van der Waals surface area contributed by atoms with Gasteiger partial charge in [0.15, 0.2) is 5.72 Å². The molecule has 10 heteroatoms. The van der Waals surface area contributed by atoms with Crippen molar-refractivity contribution in [3.05, 3.63) is 87.3 Å². The molecule has 2 atom stereocenters. The molecule has 0 aromatic heterocycles. The molecule has 0 spiro atoms. The number of halogens is 5. The van der Waals surface area contributed by atoms with Crippen molar-refractivity contribution in [3.8, 4) is 5.75 Å². The van der Waals surface area contributed by atoms with Gasteiger partial charge in [-0.25, -0.2) is 4.79 Å². The third kappa shape index (κ3) is 4.47. The van der Waals surface area contributed by atoms with Crippen LogP contribution in [0.2, 0.25) is 0 Å². The number of hydrogen-bond acceptors (Lipinski definition) is 3. The van der Waals surface area contributed by atoms with Crippen LogP contribution in [-0.2, 0) is 5.72 Å². The third-order valence-electron chi connectivity index (χ3n) is 5.39. The van der Waals surface area contributed by atoms with Gasteiger partial charge in [-0.05, 0) is 67.6 Å². The van der Waals surface area contributed by atoms with E-state index in [1.807, 2.05) is 0 Å². The number of urea groups is 1. The highest BCUT2D eigenvalue weighted by atomic mass is 79.9. The highest BCUT2D eigenvalue weighted by molar-refractivity contribution is 9.10. The molecule has 2 amide bonds. The SMILES string of the molecule is C[C@@H]1N(c2ccc(Br)cc2)C(=O)N(c2ccc(Br)cc2)C1(O)c1cccc(OC(F)(F)F)c1. The Morgan fingerprint density at radius 1 is 0.939 bits per heavy atom. The molecule has 1 unspecified atom stereocenters. The van der Waals surface area contributed by atoms with Gasteiger partial charge in [-0.3, -0.25) is 9.80 Å². The molecular weight excluding hydrogens is 569 g/mol. The van der Waals surface area contributed by atoms with Crippen molar-refractivity contribution in [2.75, 3.05) is 9.80 Å². The van der Waals surface area contributed by atoms with Crippen LogP contribution >= 0.6 is 31.9 Å². The van der Waals surface area contributed by atoms with E-state index < -0.39 is 29.9 Å². The summed E-state index contributed by atoms with van der Waals surface area (Å²) in [6.07, 6.45) is -4.90. The molecule has 1 aliphatic heterocycles. The van der Waals surface area contributed by atoms with E-state index >= 15 is 0 Å². The number of ether oxygens (including phenoxy) is 1. The van der Waals surface area contributed by atoms with Crippen LogP contribution in [0.5, 0.6) is 5.75 Å². The second-order valence-electron chi connectivity index (χ2n) is 7.42. The van der Waals surface area contributed by atoms with Gasteiger partial charge >= 0.3 is 12.4 Å². The Bertz CT molecular complexity index is 1170. The Hall–Kier alpha value is -2.56. The van der Waals surface area contributed by atoms with Crippen molar-refractivity contribution in [2.45, 2.75) is 25.1 Å². The standard InChI is InChI=1S/C23H17Br2F3N2O3/c1-14-22(32,15-3-2-4-20(13-15)33-23(26,27)28)30(19-11-7-17(25)8-12-19)21(31)29(14)18-9-5-16(24)6-10-18/h2-14,32H,1H3/t14-,22?/m0/s1. The lowest BCUT2D eigenvalue weighted by molar-refractivity contribution is -0.274. The van der Waals surface area contributed by atoms with Gasteiger partial charge in [0, 0.05) is 25.9 Å². The minimum atomic E-state index is -4.90. The monoisotopic (exact) mass is 584 g/mol. The summed E-state index contributed by atoms with van der Waals surface area (Å²) >= 11 is 6.70. The average Bonchev–Trinajstić information content (AvgIpc) is 2.95. The Morgan fingerprint density at radius 3 is 2.03 bits per heavy atom. The molecule has 1 N–H and O–H groups in total. The summed E-state index contributed by atoms with van der Waals surface area (Å²) in [5.41, 5.74) is -1.02. The number of benzene rings is 3. The van der Waals surface area contributed by atoms with Gasteiger partial charge in [-0.1, -0.05) is 44.0 Å². The van der Waals surface area contributed by atoms with E-state index in [4.69, 9.17) is 0 Å². The van der Waals surface area contributed by atoms with Crippen LogP contribution in [0, 0.1) is 0 Å². The molecule has 0 saturated carbocycles. The lowest BCUT2D eigenvalue weighted by Gasteiger charge is -2.36. The molecule has 3 aromatic rings. The van der Waals surface area contributed by atoms with Crippen LogP contribution in [-0.4, -0.2) is 23.5 Å². The highest BCUT2D eigenvalue weighted by Crippen LogP contribution is 2.45. The quantitative estimate of drug-likeness (QED) is 0.367. The Balaban J connectivity index is 1.87. The molecule has 0 bridgehead atoms. The van der Waals surface area contributed by atoms with Gasteiger partial charge in [0.1, 0.15) is 5.75 Å². The van der Waals surface area contributed by atoms with Crippen LogP contribution in [0.15, 0.2) is 81.7 Å².